The summed E-state index contributed by atoms with van der Waals surface area (Å²) in [6.07, 6.45) is 46.5. The molecular formula is C46H90N2O6P+. The topological polar surface area (TPSA) is 105 Å². The fourth-order valence-electron chi connectivity index (χ4n) is 6.43. The first-order valence-corrected chi connectivity index (χ1v) is 24.4. The van der Waals surface area contributed by atoms with E-state index in [1.54, 1.807) is 6.08 Å². The van der Waals surface area contributed by atoms with Gasteiger partial charge in [-0.15, -0.1) is 0 Å². The van der Waals surface area contributed by atoms with E-state index >= 15 is 0 Å². The largest absolute Gasteiger partial charge is 0.472 e. The van der Waals surface area contributed by atoms with Crippen LogP contribution in [0.2, 0.25) is 0 Å². The minimum Gasteiger partial charge on any atom is -0.387 e. The van der Waals surface area contributed by atoms with Crippen molar-refractivity contribution < 1.29 is 32.9 Å². The van der Waals surface area contributed by atoms with Gasteiger partial charge >= 0.3 is 7.82 Å². The number of aliphatic hydroxyl groups excluding tert-OH is 1. The lowest BCUT2D eigenvalue weighted by Gasteiger charge is -2.25. The molecule has 8 nitrogen and oxygen atoms in total. The molecule has 324 valence electrons. The molecule has 1 amide bonds. The van der Waals surface area contributed by atoms with Crippen LogP contribution in [0.4, 0.5) is 0 Å². The number of nitrogens with one attached hydrogen (secondary N) is 1. The normalized spacial score (nSPS) is 14.7. The van der Waals surface area contributed by atoms with Gasteiger partial charge in [-0.05, 0) is 44.9 Å². The first kappa shape index (κ1) is 53.7. The van der Waals surface area contributed by atoms with Gasteiger partial charge in [-0.3, -0.25) is 13.8 Å². The summed E-state index contributed by atoms with van der Waals surface area (Å²) in [5.74, 6) is -0.193. The Kier molecular flexibility index (Phi) is 37.4. The molecule has 0 bridgehead atoms. The van der Waals surface area contributed by atoms with Crippen molar-refractivity contribution in [3.8, 4) is 0 Å². The maximum absolute atomic E-state index is 12.8. The third kappa shape index (κ3) is 40.7. The van der Waals surface area contributed by atoms with E-state index in [1.807, 2.05) is 27.2 Å². The second kappa shape index (κ2) is 38.2. The van der Waals surface area contributed by atoms with Gasteiger partial charge in [0, 0.05) is 6.42 Å². The van der Waals surface area contributed by atoms with Crippen LogP contribution in [0.25, 0.3) is 0 Å². The molecule has 0 saturated heterocycles. The second-order valence-corrected chi connectivity index (χ2v) is 18.2. The van der Waals surface area contributed by atoms with Crippen molar-refractivity contribution in [3.05, 3.63) is 36.5 Å². The van der Waals surface area contributed by atoms with Crippen molar-refractivity contribution in [1.82, 2.24) is 5.32 Å². The van der Waals surface area contributed by atoms with Crippen molar-refractivity contribution in [2.75, 3.05) is 40.9 Å². The highest BCUT2D eigenvalue weighted by Gasteiger charge is 2.27. The number of rotatable bonds is 41. The van der Waals surface area contributed by atoms with Gasteiger partial charge in [0.1, 0.15) is 13.2 Å². The zero-order valence-corrected chi connectivity index (χ0v) is 37.6. The van der Waals surface area contributed by atoms with Gasteiger partial charge < -0.3 is 19.8 Å². The number of hydrogen-bond acceptors (Lipinski definition) is 5. The van der Waals surface area contributed by atoms with Crippen LogP contribution in [0.1, 0.15) is 200 Å². The van der Waals surface area contributed by atoms with E-state index < -0.39 is 20.0 Å². The molecule has 0 fully saturated rings. The lowest BCUT2D eigenvalue weighted by molar-refractivity contribution is -0.870. The number of carbonyl (C=O) groups excluding carboxylic acids is 1. The van der Waals surface area contributed by atoms with E-state index in [-0.39, 0.29) is 19.1 Å². The van der Waals surface area contributed by atoms with E-state index in [0.717, 1.165) is 44.9 Å². The molecule has 3 unspecified atom stereocenters. The summed E-state index contributed by atoms with van der Waals surface area (Å²) in [5.41, 5.74) is 0. The van der Waals surface area contributed by atoms with Crippen LogP contribution in [0, 0.1) is 0 Å². The molecular weight excluding hydrogens is 707 g/mol. The Labute approximate surface area is 340 Å². The number of hydrogen-bond donors (Lipinski definition) is 3. The third-order valence-corrected chi connectivity index (χ3v) is 11.1. The summed E-state index contributed by atoms with van der Waals surface area (Å²) in [7, 11) is 1.55. The van der Waals surface area contributed by atoms with Crippen LogP contribution in [0.3, 0.4) is 0 Å². The standard InChI is InChI=1S/C46H89N2O6P/c1-6-8-10-12-14-16-18-19-20-21-22-23-24-25-26-27-28-30-31-33-35-37-39-45(49)44(43-54-55(51,52)53-42-41-48(3,4)5)47-46(50)40-38-36-34-32-29-17-15-13-11-9-7-2/h25-26,30-31,37,39,44-45,49H,6-24,27-29,32-36,38,40-43H2,1-5H3,(H-,47,50,51,52)/p+1/b26-25+,31-30+,39-37+. The fraction of sp³-hybridized carbons (Fsp3) is 0.848. The Bertz CT molecular complexity index is 995. The monoisotopic (exact) mass is 798 g/mol. The highest BCUT2D eigenvalue weighted by molar-refractivity contribution is 7.47. The molecule has 0 spiro atoms. The SMILES string of the molecule is CCCCCCCCCCCCCC/C=C/CC/C=C/CC/C=C/C(O)C(COP(=O)(O)OCC[N+](C)(C)C)NC(=O)CCCCCCCCCCCCC. The molecule has 0 aromatic carbocycles. The summed E-state index contributed by atoms with van der Waals surface area (Å²) >= 11 is 0. The first-order chi connectivity index (χ1) is 26.5. The molecule has 0 aliphatic rings. The lowest BCUT2D eigenvalue weighted by atomic mass is 10.0. The van der Waals surface area contributed by atoms with E-state index in [2.05, 4.69) is 43.5 Å². The van der Waals surface area contributed by atoms with Crippen LogP contribution in [0.15, 0.2) is 36.5 Å². The first-order valence-electron chi connectivity index (χ1n) is 22.9. The Hall–Kier alpha value is -1.28. The Morgan fingerprint density at radius 3 is 1.45 bits per heavy atom. The van der Waals surface area contributed by atoms with Gasteiger partial charge in [0.25, 0.3) is 0 Å². The number of carbonyl (C=O) groups is 1. The summed E-state index contributed by atoms with van der Waals surface area (Å²) < 4.78 is 23.5. The maximum atomic E-state index is 12.8. The van der Waals surface area contributed by atoms with Crippen LogP contribution in [-0.4, -0.2) is 73.4 Å². The van der Waals surface area contributed by atoms with Gasteiger partial charge in [-0.2, -0.15) is 0 Å². The quantitative estimate of drug-likeness (QED) is 0.0246. The molecule has 3 atom stereocenters. The number of allylic oxidation sites excluding steroid dienone is 5. The van der Waals surface area contributed by atoms with Crippen LogP contribution >= 0.6 is 7.82 Å². The number of amides is 1. The highest BCUT2D eigenvalue weighted by atomic mass is 31.2. The van der Waals surface area contributed by atoms with Crippen molar-refractivity contribution in [1.29, 1.82) is 0 Å². The van der Waals surface area contributed by atoms with Crippen molar-refractivity contribution >= 4 is 13.7 Å². The molecule has 9 heteroatoms. The molecule has 0 rings (SSSR count). The second-order valence-electron chi connectivity index (χ2n) is 16.8. The number of quaternary nitrogens is 1. The average molecular weight is 798 g/mol. The summed E-state index contributed by atoms with van der Waals surface area (Å²) in [6, 6.07) is -0.865. The van der Waals surface area contributed by atoms with Crippen molar-refractivity contribution in [2.45, 2.75) is 212 Å². The van der Waals surface area contributed by atoms with E-state index in [4.69, 9.17) is 9.05 Å². The molecule has 0 aliphatic heterocycles. The summed E-state index contributed by atoms with van der Waals surface area (Å²) in [6.45, 7) is 4.77. The average Bonchev–Trinajstić information content (AvgIpc) is 3.13. The molecule has 0 aromatic rings. The zero-order chi connectivity index (χ0) is 40.7. The fourth-order valence-corrected chi connectivity index (χ4v) is 7.16. The number of phosphoric ester groups is 1. The van der Waals surface area contributed by atoms with Crippen LogP contribution < -0.4 is 5.32 Å². The van der Waals surface area contributed by atoms with Crippen molar-refractivity contribution in [2.24, 2.45) is 0 Å². The van der Waals surface area contributed by atoms with Gasteiger partial charge in [0.15, 0.2) is 0 Å². The lowest BCUT2D eigenvalue weighted by Crippen LogP contribution is -2.45. The minimum atomic E-state index is -4.34. The Morgan fingerprint density at radius 1 is 0.600 bits per heavy atom. The van der Waals surface area contributed by atoms with E-state index in [0.29, 0.717) is 17.4 Å². The highest BCUT2D eigenvalue weighted by Crippen LogP contribution is 2.43. The summed E-state index contributed by atoms with van der Waals surface area (Å²) in [5, 5.41) is 13.8. The Balaban J connectivity index is 4.42. The molecule has 55 heavy (non-hydrogen) atoms. The van der Waals surface area contributed by atoms with Crippen molar-refractivity contribution in [3.63, 3.8) is 0 Å². The smallest absolute Gasteiger partial charge is 0.387 e. The molecule has 0 heterocycles. The molecule has 0 saturated carbocycles. The zero-order valence-electron chi connectivity index (χ0n) is 36.7. The van der Waals surface area contributed by atoms with E-state index in [1.165, 1.54) is 135 Å². The summed E-state index contributed by atoms with van der Waals surface area (Å²) in [4.78, 5) is 23.0. The molecule has 3 N–H and O–H groups in total. The third-order valence-electron chi connectivity index (χ3n) is 10.1. The van der Waals surface area contributed by atoms with E-state index in [9.17, 15) is 19.4 Å². The van der Waals surface area contributed by atoms with Gasteiger partial charge in [-0.1, -0.05) is 185 Å². The van der Waals surface area contributed by atoms with Gasteiger partial charge in [0.05, 0.1) is 39.9 Å². The minimum absolute atomic E-state index is 0.0545. The van der Waals surface area contributed by atoms with Crippen LogP contribution in [0.5, 0.6) is 0 Å². The van der Waals surface area contributed by atoms with Gasteiger partial charge in [0.2, 0.25) is 5.91 Å². The number of likely N-dealkylation sites (N-methyl/N-ethyl adjacent to an activating group) is 1. The molecule has 0 aliphatic carbocycles. The van der Waals surface area contributed by atoms with Gasteiger partial charge in [-0.25, -0.2) is 4.57 Å². The Morgan fingerprint density at radius 2 is 1.00 bits per heavy atom. The molecule has 0 radical (unpaired) electrons. The van der Waals surface area contributed by atoms with Crippen LogP contribution in [-0.2, 0) is 18.4 Å². The number of aliphatic hydroxyl groups is 1. The predicted molar refractivity (Wildman–Crippen MR) is 235 cm³/mol. The number of nitrogens with zero attached hydrogens (tertiary/aromatic N) is 1. The molecule has 0 aromatic heterocycles. The predicted octanol–water partition coefficient (Wildman–Crippen LogP) is 12.7. The number of phosphoric acid groups is 1. The number of unbranched alkanes of at least 4 members (excludes halogenated alkanes) is 24. The maximum Gasteiger partial charge on any atom is 0.472 e.